The molecule has 1 aliphatic heterocycles. The number of hydrogen-bond acceptors (Lipinski definition) is 9. The average molecular weight is 408 g/mol. The first kappa shape index (κ1) is 20.6. The maximum atomic E-state index is 10.7. The number of benzene rings is 1. The Morgan fingerprint density at radius 2 is 1.86 bits per heavy atom. The molecule has 3 rings (SSSR count). The van der Waals surface area contributed by atoms with Crippen LogP contribution in [0.5, 0.6) is 5.88 Å². The minimum atomic E-state index is -1.96. The summed E-state index contributed by atoms with van der Waals surface area (Å²) in [6.45, 7) is 1.22. The number of aliphatic hydroxyl groups excluding tert-OH is 1. The molecule has 0 bridgehead atoms. The Morgan fingerprint density at radius 1 is 1.18 bits per heavy atom. The molecule has 0 fully saturated rings. The van der Waals surface area contributed by atoms with Crippen molar-refractivity contribution in [2.45, 2.75) is 19.1 Å². The number of aliphatic hydroxyl groups is 1. The summed E-state index contributed by atoms with van der Waals surface area (Å²) in [7, 11) is 1.38. The van der Waals surface area contributed by atoms with Crippen molar-refractivity contribution >= 4 is 25.6 Å². The number of anilines is 3. The molecule has 28 heavy (non-hydrogen) atoms. The summed E-state index contributed by atoms with van der Waals surface area (Å²) >= 11 is 0. The van der Waals surface area contributed by atoms with E-state index < -0.39 is 14.7 Å². The van der Waals surface area contributed by atoms with Crippen LogP contribution in [0.2, 0.25) is 0 Å². The van der Waals surface area contributed by atoms with Crippen LogP contribution in [0, 0.1) is 0 Å². The first-order valence-corrected chi connectivity index (χ1v) is 10.2. The highest BCUT2D eigenvalue weighted by Gasteiger charge is 2.35. The van der Waals surface area contributed by atoms with Gasteiger partial charge in [0.15, 0.2) is 14.2 Å². The molecule has 152 valence electrons. The minimum absolute atomic E-state index is 0.234. The zero-order chi connectivity index (χ0) is 20.3. The number of aromatic nitrogens is 1. The lowest BCUT2D eigenvalue weighted by molar-refractivity contribution is 0.144. The van der Waals surface area contributed by atoms with Gasteiger partial charge in [0.05, 0.1) is 12.3 Å². The third-order valence-electron chi connectivity index (χ3n) is 4.50. The van der Waals surface area contributed by atoms with E-state index in [1.54, 1.807) is 30.0 Å². The van der Waals surface area contributed by atoms with Crippen LogP contribution in [0.4, 0.5) is 17.2 Å². The zero-order valence-electron chi connectivity index (χ0n) is 15.8. The average Bonchev–Trinajstić information content (AvgIpc) is 2.88. The normalized spacial score (nSPS) is 16.0. The molecule has 1 aromatic heterocycles. The number of rotatable bonds is 8. The topological polar surface area (TPSA) is 125 Å². The molecule has 0 aliphatic carbocycles. The first-order valence-electron chi connectivity index (χ1n) is 8.73. The van der Waals surface area contributed by atoms with Gasteiger partial charge in [-0.2, -0.15) is 4.98 Å². The molecule has 1 atom stereocenters. The molecule has 2 heterocycles. The van der Waals surface area contributed by atoms with Crippen LogP contribution in [-0.2, 0) is 17.4 Å². The summed E-state index contributed by atoms with van der Waals surface area (Å²) in [5.74, 6) is 0.652. The fourth-order valence-corrected chi connectivity index (χ4v) is 3.67. The molecule has 1 aliphatic rings. The third kappa shape index (κ3) is 4.45. The summed E-state index contributed by atoms with van der Waals surface area (Å²) in [6, 6.07) is 9.26. The SMILES string of the molecule is COCCOc1cc2c(c(N)n1)N(C)C(O)N2Cc1ccc(CP(O)O)cc1. The molecule has 0 saturated heterocycles. The van der Waals surface area contributed by atoms with Crippen LogP contribution in [0.15, 0.2) is 30.3 Å². The second-order valence-corrected chi connectivity index (χ2v) is 7.55. The van der Waals surface area contributed by atoms with Crippen molar-refractivity contribution in [3.8, 4) is 5.88 Å². The van der Waals surface area contributed by atoms with E-state index in [1.165, 1.54) is 0 Å². The standard InChI is InChI=1S/C18H25N4O5P/c1-21-16-14(9-15(20-17(16)19)27-8-7-26-2)22(18(21)23)10-12-3-5-13(6-4-12)11-28(24)25/h3-6,9,18,23-25H,7-8,10-11H2,1-2H3,(H2,19,20). The van der Waals surface area contributed by atoms with Crippen LogP contribution in [0.3, 0.4) is 0 Å². The van der Waals surface area contributed by atoms with Crippen molar-refractivity contribution in [1.82, 2.24) is 4.98 Å². The van der Waals surface area contributed by atoms with Gasteiger partial charge in [-0.3, -0.25) is 0 Å². The molecule has 10 heteroatoms. The molecular weight excluding hydrogens is 383 g/mol. The van der Waals surface area contributed by atoms with Crippen molar-refractivity contribution in [2.24, 2.45) is 0 Å². The summed E-state index contributed by atoms with van der Waals surface area (Å²) < 4.78 is 10.6. The van der Waals surface area contributed by atoms with E-state index in [2.05, 4.69) is 4.98 Å². The lowest BCUT2D eigenvalue weighted by atomic mass is 10.1. The molecule has 0 spiro atoms. The Kier molecular flexibility index (Phi) is 6.53. The first-order chi connectivity index (χ1) is 13.4. The van der Waals surface area contributed by atoms with Gasteiger partial charge in [0.1, 0.15) is 12.3 Å². The number of nitrogen functional groups attached to an aromatic ring is 1. The zero-order valence-corrected chi connectivity index (χ0v) is 16.7. The van der Waals surface area contributed by atoms with E-state index in [-0.39, 0.29) is 12.0 Å². The van der Waals surface area contributed by atoms with Gasteiger partial charge < -0.3 is 39.9 Å². The lowest BCUT2D eigenvalue weighted by Gasteiger charge is -2.26. The monoisotopic (exact) mass is 408 g/mol. The summed E-state index contributed by atoms with van der Waals surface area (Å²) in [4.78, 5) is 26.0. The van der Waals surface area contributed by atoms with Crippen molar-refractivity contribution < 1.29 is 24.4 Å². The summed E-state index contributed by atoms with van der Waals surface area (Å²) in [5.41, 5.74) is 9.29. The Morgan fingerprint density at radius 3 is 2.50 bits per heavy atom. The smallest absolute Gasteiger partial charge is 0.217 e. The number of ether oxygens (including phenoxy) is 2. The predicted molar refractivity (Wildman–Crippen MR) is 108 cm³/mol. The van der Waals surface area contributed by atoms with Crippen LogP contribution in [0.25, 0.3) is 0 Å². The molecule has 9 nitrogen and oxygen atoms in total. The van der Waals surface area contributed by atoms with Crippen LogP contribution < -0.4 is 20.3 Å². The lowest BCUT2D eigenvalue weighted by Crippen LogP contribution is -2.40. The largest absolute Gasteiger partial charge is 0.475 e. The van der Waals surface area contributed by atoms with Gasteiger partial charge >= 0.3 is 0 Å². The van der Waals surface area contributed by atoms with Crippen LogP contribution >= 0.6 is 8.38 Å². The molecule has 0 saturated carbocycles. The number of nitrogens with two attached hydrogens (primary N) is 1. The quantitative estimate of drug-likeness (QED) is 0.377. The highest BCUT2D eigenvalue weighted by Crippen LogP contribution is 2.44. The Balaban J connectivity index is 1.82. The molecule has 0 radical (unpaired) electrons. The number of methoxy groups -OCH3 is 1. The Labute approximate surface area is 164 Å². The predicted octanol–water partition coefficient (Wildman–Crippen LogP) is 1.22. The third-order valence-corrected chi connectivity index (χ3v) is 5.15. The molecule has 5 N–H and O–H groups in total. The Hall–Kier alpha value is -2.16. The molecular formula is C18H25N4O5P. The molecule has 0 amide bonds. The fourth-order valence-electron chi connectivity index (χ4n) is 3.13. The van der Waals surface area contributed by atoms with Gasteiger partial charge in [-0.15, -0.1) is 0 Å². The highest BCUT2D eigenvalue weighted by molar-refractivity contribution is 7.44. The summed E-state index contributed by atoms with van der Waals surface area (Å²) in [5, 5.41) is 10.7. The van der Waals surface area contributed by atoms with Crippen LogP contribution in [-0.4, -0.2) is 53.6 Å². The second-order valence-electron chi connectivity index (χ2n) is 6.49. The van der Waals surface area contributed by atoms with Gasteiger partial charge in [0.2, 0.25) is 12.2 Å². The second kappa shape index (κ2) is 8.89. The number of fused-ring (bicyclic) bond motifs is 1. The maximum absolute atomic E-state index is 10.7. The van der Waals surface area contributed by atoms with Crippen molar-refractivity contribution in [3.63, 3.8) is 0 Å². The van der Waals surface area contributed by atoms with Crippen LogP contribution in [0.1, 0.15) is 11.1 Å². The molecule has 1 unspecified atom stereocenters. The van der Waals surface area contributed by atoms with E-state index in [0.29, 0.717) is 31.3 Å². The van der Waals surface area contributed by atoms with Gasteiger partial charge in [0.25, 0.3) is 0 Å². The van der Waals surface area contributed by atoms with Crippen molar-refractivity contribution in [1.29, 1.82) is 0 Å². The molecule has 1 aromatic carbocycles. The van der Waals surface area contributed by atoms with Gasteiger partial charge in [-0.05, 0) is 11.1 Å². The number of nitrogens with zero attached hydrogens (tertiary/aromatic N) is 3. The van der Waals surface area contributed by atoms with Crippen molar-refractivity contribution in [3.05, 3.63) is 41.5 Å². The van der Waals surface area contributed by atoms with E-state index in [0.717, 1.165) is 16.8 Å². The van der Waals surface area contributed by atoms with Gasteiger partial charge in [0, 0.05) is 32.9 Å². The Bertz CT molecular complexity index is 805. The van der Waals surface area contributed by atoms with E-state index in [9.17, 15) is 5.11 Å². The van der Waals surface area contributed by atoms with E-state index in [4.69, 9.17) is 25.0 Å². The highest BCUT2D eigenvalue weighted by atomic mass is 31.2. The molecule has 2 aromatic rings. The maximum Gasteiger partial charge on any atom is 0.217 e. The minimum Gasteiger partial charge on any atom is -0.475 e. The number of hydrogen-bond donors (Lipinski definition) is 4. The van der Waals surface area contributed by atoms with Gasteiger partial charge in [-0.1, -0.05) is 24.3 Å². The number of pyridine rings is 1. The summed E-state index contributed by atoms with van der Waals surface area (Å²) in [6.07, 6.45) is -0.659. The van der Waals surface area contributed by atoms with E-state index >= 15 is 0 Å². The van der Waals surface area contributed by atoms with Crippen molar-refractivity contribution in [2.75, 3.05) is 42.9 Å². The fraction of sp³-hybridized carbons (Fsp3) is 0.389. The van der Waals surface area contributed by atoms with E-state index in [1.807, 2.05) is 24.3 Å². The van der Waals surface area contributed by atoms with Gasteiger partial charge in [-0.25, -0.2) is 0 Å².